The SMILES string of the molecule is O=C1CC(C(F)(F)F)=c2cc([N+](=O)[O-])ccc2=N1. The Bertz CT molecular complexity index is 664. The van der Waals surface area contributed by atoms with E-state index in [2.05, 4.69) is 4.99 Å². The Labute approximate surface area is 97.4 Å². The molecular weight excluding hydrogens is 253 g/mol. The molecule has 0 bridgehead atoms. The van der Waals surface area contributed by atoms with E-state index in [9.17, 15) is 28.1 Å². The molecule has 0 spiro atoms. The van der Waals surface area contributed by atoms with E-state index in [1.807, 2.05) is 0 Å². The molecule has 0 atom stereocenters. The van der Waals surface area contributed by atoms with Crippen LogP contribution in [0.5, 0.6) is 0 Å². The van der Waals surface area contributed by atoms with Crippen LogP contribution in [-0.2, 0) is 4.79 Å². The fourth-order valence-corrected chi connectivity index (χ4v) is 1.65. The van der Waals surface area contributed by atoms with Gasteiger partial charge >= 0.3 is 6.18 Å². The topological polar surface area (TPSA) is 72.6 Å². The molecule has 0 fully saturated rings. The lowest BCUT2D eigenvalue weighted by Gasteiger charge is -2.12. The number of halogens is 3. The Kier molecular flexibility index (Phi) is 2.64. The van der Waals surface area contributed by atoms with E-state index in [1.54, 1.807) is 0 Å². The van der Waals surface area contributed by atoms with Gasteiger partial charge in [0, 0.05) is 17.4 Å². The van der Waals surface area contributed by atoms with Gasteiger partial charge in [0.1, 0.15) is 0 Å². The standard InChI is InChI=1S/C10H5F3N2O3/c11-10(12,13)7-4-9(16)14-8-2-1-5(15(17)18)3-6(7)8/h1-3H,4H2. The molecule has 0 aliphatic carbocycles. The number of non-ortho nitro benzene ring substituents is 1. The van der Waals surface area contributed by atoms with Gasteiger partial charge in [-0.15, -0.1) is 0 Å². The first kappa shape index (κ1) is 12.2. The van der Waals surface area contributed by atoms with Crippen LogP contribution in [0.25, 0.3) is 5.57 Å². The van der Waals surface area contributed by atoms with Gasteiger partial charge in [0.15, 0.2) is 0 Å². The number of carbonyl (C=O) groups is 1. The molecule has 0 unspecified atom stereocenters. The third-order valence-corrected chi connectivity index (χ3v) is 2.43. The first-order chi connectivity index (χ1) is 8.29. The van der Waals surface area contributed by atoms with Crippen LogP contribution in [-0.4, -0.2) is 17.0 Å². The summed E-state index contributed by atoms with van der Waals surface area (Å²) in [6.45, 7) is 0. The van der Waals surface area contributed by atoms with Crippen molar-refractivity contribution in [3.63, 3.8) is 0 Å². The first-order valence-corrected chi connectivity index (χ1v) is 4.75. The van der Waals surface area contributed by atoms with Gasteiger partial charge in [-0.1, -0.05) is 0 Å². The smallest absolute Gasteiger partial charge is 0.272 e. The average Bonchev–Trinajstić information content (AvgIpc) is 2.25. The van der Waals surface area contributed by atoms with Crippen LogP contribution in [0.2, 0.25) is 0 Å². The largest absolute Gasteiger partial charge is 0.413 e. The number of alkyl halides is 3. The number of rotatable bonds is 1. The van der Waals surface area contributed by atoms with Gasteiger partial charge in [-0.25, -0.2) is 4.99 Å². The molecule has 1 aliphatic heterocycles. The molecule has 0 saturated carbocycles. The molecule has 0 saturated heterocycles. The maximum absolute atomic E-state index is 12.7. The van der Waals surface area contributed by atoms with Crippen LogP contribution < -0.4 is 10.6 Å². The van der Waals surface area contributed by atoms with Gasteiger partial charge in [-0.3, -0.25) is 14.9 Å². The zero-order valence-electron chi connectivity index (χ0n) is 8.69. The number of amides is 1. The van der Waals surface area contributed by atoms with E-state index in [0.717, 1.165) is 18.2 Å². The summed E-state index contributed by atoms with van der Waals surface area (Å²) < 4.78 is 38.2. The number of nitro benzene ring substituents is 1. The molecule has 0 N–H and O–H groups in total. The minimum absolute atomic E-state index is 0.191. The van der Waals surface area contributed by atoms with Gasteiger partial charge in [-0.2, -0.15) is 13.2 Å². The summed E-state index contributed by atoms with van der Waals surface area (Å²) in [5.74, 6) is -0.913. The van der Waals surface area contributed by atoms with Crippen LogP contribution in [0.3, 0.4) is 0 Å². The predicted octanol–water partition coefficient (Wildman–Crippen LogP) is 0.858. The van der Waals surface area contributed by atoms with Crippen molar-refractivity contribution < 1.29 is 22.9 Å². The maximum Gasteiger partial charge on any atom is 0.413 e. The maximum atomic E-state index is 12.7. The molecule has 1 aliphatic rings. The van der Waals surface area contributed by atoms with E-state index >= 15 is 0 Å². The zero-order valence-corrected chi connectivity index (χ0v) is 8.69. The summed E-state index contributed by atoms with van der Waals surface area (Å²) in [6, 6.07) is 2.83. The third-order valence-electron chi connectivity index (χ3n) is 2.43. The number of hydrogen-bond donors (Lipinski definition) is 0. The molecule has 5 nitrogen and oxygen atoms in total. The lowest BCUT2D eigenvalue weighted by Crippen LogP contribution is -2.37. The van der Waals surface area contributed by atoms with Crippen molar-refractivity contribution in [2.24, 2.45) is 4.99 Å². The van der Waals surface area contributed by atoms with Crippen molar-refractivity contribution in [3.05, 3.63) is 38.9 Å². The predicted molar refractivity (Wildman–Crippen MR) is 53.0 cm³/mol. The number of hydrogen-bond acceptors (Lipinski definition) is 3. The Hall–Kier alpha value is -2.25. The van der Waals surface area contributed by atoms with E-state index in [-0.39, 0.29) is 5.36 Å². The molecular formula is C10H5F3N2O3. The first-order valence-electron chi connectivity index (χ1n) is 4.75. The molecule has 2 rings (SSSR count). The average molecular weight is 258 g/mol. The second-order valence-corrected chi connectivity index (χ2v) is 3.62. The Morgan fingerprint density at radius 3 is 2.56 bits per heavy atom. The van der Waals surface area contributed by atoms with Crippen molar-refractivity contribution in [3.8, 4) is 0 Å². The van der Waals surface area contributed by atoms with Crippen molar-refractivity contribution in [1.29, 1.82) is 0 Å². The summed E-state index contributed by atoms with van der Waals surface area (Å²) >= 11 is 0. The summed E-state index contributed by atoms with van der Waals surface area (Å²) in [4.78, 5) is 24.2. The Morgan fingerprint density at radius 1 is 1.33 bits per heavy atom. The number of fused-ring (bicyclic) bond motifs is 1. The Morgan fingerprint density at radius 2 is 2.00 bits per heavy atom. The van der Waals surface area contributed by atoms with E-state index in [1.165, 1.54) is 0 Å². The van der Waals surface area contributed by atoms with Gasteiger partial charge in [-0.05, 0) is 6.07 Å². The molecule has 1 amide bonds. The normalized spacial score (nSPS) is 15.1. The second kappa shape index (κ2) is 3.90. The quantitative estimate of drug-likeness (QED) is 0.554. The molecule has 0 radical (unpaired) electrons. The zero-order chi connectivity index (χ0) is 13.5. The fourth-order valence-electron chi connectivity index (χ4n) is 1.65. The number of benzene rings is 1. The van der Waals surface area contributed by atoms with Crippen LogP contribution >= 0.6 is 0 Å². The number of nitro groups is 1. The lowest BCUT2D eigenvalue weighted by atomic mass is 10.0. The van der Waals surface area contributed by atoms with Crippen molar-refractivity contribution in [1.82, 2.24) is 0 Å². The fraction of sp³-hybridized carbons (Fsp3) is 0.200. The number of nitrogens with zero attached hydrogens (tertiary/aromatic N) is 2. The molecule has 1 heterocycles. The van der Waals surface area contributed by atoms with Crippen molar-refractivity contribution in [2.75, 3.05) is 0 Å². The molecule has 0 aromatic heterocycles. The van der Waals surface area contributed by atoms with Gasteiger partial charge in [0.25, 0.3) is 11.6 Å². The highest BCUT2D eigenvalue weighted by Gasteiger charge is 2.37. The number of carbonyl (C=O) groups excluding carboxylic acids is 1. The van der Waals surface area contributed by atoms with Gasteiger partial charge < -0.3 is 0 Å². The minimum Gasteiger partial charge on any atom is -0.272 e. The molecule has 94 valence electrons. The molecule has 1 aromatic carbocycles. The van der Waals surface area contributed by atoms with Gasteiger partial charge in [0.2, 0.25) is 0 Å². The highest BCUT2D eigenvalue weighted by Crippen LogP contribution is 2.29. The monoisotopic (exact) mass is 258 g/mol. The molecule has 18 heavy (non-hydrogen) atoms. The van der Waals surface area contributed by atoms with Crippen LogP contribution in [0.4, 0.5) is 18.9 Å². The van der Waals surface area contributed by atoms with Crippen molar-refractivity contribution in [2.45, 2.75) is 12.6 Å². The third kappa shape index (κ3) is 2.08. The minimum atomic E-state index is -4.71. The second-order valence-electron chi connectivity index (χ2n) is 3.62. The van der Waals surface area contributed by atoms with E-state index < -0.39 is 39.9 Å². The molecule has 8 heteroatoms. The summed E-state index contributed by atoms with van der Waals surface area (Å²) in [5, 5.41) is 9.93. The highest BCUT2D eigenvalue weighted by molar-refractivity contribution is 5.87. The van der Waals surface area contributed by atoms with Crippen LogP contribution in [0.1, 0.15) is 6.42 Å². The summed E-state index contributed by atoms with van der Waals surface area (Å²) in [6.07, 6.45) is -5.60. The molecule has 1 aromatic rings. The van der Waals surface area contributed by atoms with Crippen LogP contribution in [0.15, 0.2) is 23.2 Å². The van der Waals surface area contributed by atoms with E-state index in [4.69, 9.17) is 0 Å². The lowest BCUT2D eigenvalue weighted by molar-refractivity contribution is -0.385. The highest BCUT2D eigenvalue weighted by atomic mass is 19.4. The van der Waals surface area contributed by atoms with E-state index in [0.29, 0.717) is 0 Å². The van der Waals surface area contributed by atoms with Crippen LogP contribution in [0, 0.1) is 10.1 Å². The summed E-state index contributed by atoms with van der Waals surface area (Å²) in [5.41, 5.74) is -1.57. The Balaban J connectivity index is 2.85. The summed E-state index contributed by atoms with van der Waals surface area (Å²) in [7, 11) is 0. The van der Waals surface area contributed by atoms with Gasteiger partial charge in [0.05, 0.1) is 22.3 Å². The van der Waals surface area contributed by atoms with Crippen molar-refractivity contribution >= 4 is 17.2 Å².